The standard InChI is InChI=1S/C15H16N2O3/c1-9(2)16-8-7-12-13(15(16)18)6-5-11(10-3-4-10)14(12)17(19)20/h5-10H,3-4H2,1-2H3. The molecule has 0 saturated heterocycles. The lowest BCUT2D eigenvalue weighted by atomic mass is 10.0. The van der Waals surface area contributed by atoms with E-state index in [1.54, 1.807) is 29.0 Å². The van der Waals surface area contributed by atoms with Crippen LogP contribution in [0.4, 0.5) is 5.69 Å². The van der Waals surface area contributed by atoms with Crippen LogP contribution >= 0.6 is 0 Å². The number of nitro groups is 1. The van der Waals surface area contributed by atoms with E-state index in [0.717, 1.165) is 18.4 Å². The number of hydrogen-bond donors (Lipinski definition) is 0. The van der Waals surface area contributed by atoms with E-state index in [0.29, 0.717) is 10.8 Å². The Morgan fingerprint density at radius 3 is 2.50 bits per heavy atom. The summed E-state index contributed by atoms with van der Waals surface area (Å²) >= 11 is 0. The van der Waals surface area contributed by atoms with Crippen molar-refractivity contribution in [2.45, 2.75) is 38.6 Å². The van der Waals surface area contributed by atoms with Crippen LogP contribution in [0.5, 0.6) is 0 Å². The van der Waals surface area contributed by atoms with Gasteiger partial charge in [0, 0.05) is 17.8 Å². The van der Waals surface area contributed by atoms with Crippen molar-refractivity contribution in [2.24, 2.45) is 0 Å². The normalized spacial score (nSPS) is 14.9. The second kappa shape index (κ2) is 4.44. The van der Waals surface area contributed by atoms with Crippen LogP contribution in [-0.4, -0.2) is 9.49 Å². The van der Waals surface area contributed by atoms with Crippen LogP contribution in [-0.2, 0) is 0 Å². The van der Waals surface area contributed by atoms with E-state index in [-0.39, 0.29) is 28.1 Å². The molecule has 5 heteroatoms. The van der Waals surface area contributed by atoms with Gasteiger partial charge in [0.25, 0.3) is 11.2 Å². The van der Waals surface area contributed by atoms with Crippen LogP contribution in [0.25, 0.3) is 10.8 Å². The molecule has 0 bridgehead atoms. The summed E-state index contributed by atoms with van der Waals surface area (Å²) in [7, 11) is 0. The molecule has 0 spiro atoms. The van der Waals surface area contributed by atoms with Crippen molar-refractivity contribution in [1.82, 2.24) is 4.57 Å². The smallest absolute Gasteiger partial charge is 0.280 e. The summed E-state index contributed by atoms with van der Waals surface area (Å²) in [5.41, 5.74) is 0.713. The van der Waals surface area contributed by atoms with Crippen molar-refractivity contribution < 1.29 is 4.92 Å². The number of fused-ring (bicyclic) bond motifs is 1. The summed E-state index contributed by atoms with van der Waals surface area (Å²) in [5, 5.41) is 12.3. The predicted octanol–water partition coefficient (Wildman–Crippen LogP) is 3.37. The van der Waals surface area contributed by atoms with E-state index in [2.05, 4.69) is 0 Å². The van der Waals surface area contributed by atoms with Crippen LogP contribution in [0.3, 0.4) is 0 Å². The molecule has 1 saturated carbocycles. The summed E-state index contributed by atoms with van der Waals surface area (Å²) in [6.45, 7) is 3.83. The average molecular weight is 272 g/mol. The number of pyridine rings is 1. The first-order valence-electron chi connectivity index (χ1n) is 6.83. The molecular formula is C15H16N2O3. The van der Waals surface area contributed by atoms with Crippen molar-refractivity contribution in [1.29, 1.82) is 0 Å². The van der Waals surface area contributed by atoms with E-state index in [4.69, 9.17) is 0 Å². The molecule has 0 amide bonds. The molecule has 0 unspecified atom stereocenters. The molecule has 1 aromatic carbocycles. The van der Waals surface area contributed by atoms with Gasteiger partial charge in [0.2, 0.25) is 0 Å². The summed E-state index contributed by atoms with van der Waals surface area (Å²) in [6.07, 6.45) is 3.64. The van der Waals surface area contributed by atoms with Gasteiger partial charge in [-0.2, -0.15) is 0 Å². The maximum Gasteiger partial charge on any atom is 0.280 e. The molecular weight excluding hydrogens is 256 g/mol. The second-order valence-corrected chi connectivity index (χ2v) is 5.62. The van der Waals surface area contributed by atoms with Crippen molar-refractivity contribution in [2.75, 3.05) is 0 Å². The molecule has 3 rings (SSSR count). The minimum Gasteiger partial charge on any atom is -0.312 e. The SMILES string of the molecule is CC(C)n1ccc2c([N+](=O)[O-])c(C3CC3)ccc2c1=O. The topological polar surface area (TPSA) is 65.1 Å². The number of nitro benzene ring substituents is 1. The van der Waals surface area contributed by atoms with Gasteiger partial charge in [-0.15, -0.1) is 0 Å². The van der Waals surface area contributed by atoms with Crippen LogP contribution in [0, 0.1) is 10.1 Å². The number of hydrogen-bond acceptors (Lipinski definition) is 3. The fourth-order valence-corrected chi connectivity index (χ4v) is 2.68. The molecule has 1 heterocycles. The van der Waals surface area contributed by atoms with E-state index in [1.807, 2.05) is 13.8 Å². The van der Waals surface area contributed by atoms with E-state index >= 15 is 0 Å². The Morgan fingerprint density at radius 2 is 1.95 bits per heavy atom. The largest absolute Gasteiger partial charge is 0.312 e. The Labute approximate surface area is 116 Å². The first-order chi connectivity index (χ1) is 9.50. The summed E-state index contributed by atoms with van der Waals surface area (Å²) < 4.78 is 1.60. The molecule has 5 nitrogen and oxygen atoms in total. The van der Waals surface area contributed by atoms with Gasteiger partial charge in [-0.3, -0.25) is 14.9 Å². The Balaban J connectivity index is 2.35. The maximum absolute atomic E-state index is 12.4. The first kappa shape index (κ1) is 12.8. The summed E-state index contributed by atoms with van der Waals surface area (Å²) in [6, 6.07) is 5.22. The van der Waals surface area contributed by atoms with Crippen molar-refractivity contribution in [3.63, 3.8) is 0 Å². The number of benzene rings is 1. The van der Waals surface area contributed by atoms with Gasteiger partial charge in [0.1, 0.15) is 0 Å². The van der Waals surface area contributed by atoms with Gasteiger partial charge in [0.05, 0.1) is 15.7 Å². The van der Waals surface area contributed by atoms with Crippen molar-refractivity contribution in [3.05, 3.63) is 50.4 Å². The van der Waals surface area contributed by atoms with Crippen molar-refractivity contribution in [3.8, 4) is 0 Å². The predicted molar refractivity (Wildman–Crippen MR) is 77.2 cm³/mol. The highest BCUT2D eigenvalue weighted by Crippen LogP contribution is 2.45. The molecule has 1 fully saturated rings. The number of nitrogens with zero attached hydrogens (tertiary/aromatic N) is 2. The van der Waals surface area contributed by atoms with E-state index < -0.39 is 0 Å². The number of aromatic nitrogens is 1. The third-order valence-corrected chi connectivity index (χ3v) is 3.87. The summed E-state index contributed by atoms with van der Waals surface area (Å²) in [5.74, 6) is 0.285. The van der Waals surface area contributed by atoms with Gasteiger partial charge in [-0.25, -0.2) is 0 Å². The molecule has 104 valence electrons. The molecule has 20 heavy (non-hydrogen) atoms. The Kier molecular flexibility index (Phi) is 2.85. The first-order valence-corrected chi connectivity index (χ1v) is 6.83. The second-order valence-electron chi connectivity index (χ2n) is 5.62. The fourth-order valence-electron chi connectivity index (χ4n) is 2.68. The quantitative estimate of drug-likeness (QED) is 0.635. The zero-order chi connectivity index (χ0) is 14.4. The lowest BCUT2D eigenvalue weighted by Gasteiger charge is -2.11. The third-order valence-electron chi connectivity index (χ3n) is 3.87. The Morgan fingerprint density at radius 1 is 1.25 bits per heavy atom. The molecule has 1 aliphatic carbocycles. The molecule has 1 aliphatic rings. The van der Waals surface area contributed by atoms with Gasteiger partial charge < -0.3 is 4.57 Å². The highest BCUT2D eigenvalue weighted by atomic mass is 16.6. The van der Waals surface area contributed by atoms with Gasteiger partial charge in [-0.1, -0.05) is 6.07 Å². The van der Waals surface area contributed by atoms with Crippen LogP contribution in [0.1, 0.15) is 44.2 Å². The van der Waals surface area contributed by atoms with Crippen LogP contribution in [0.15, 0.2) is 29.2 Å². The molecule has 0 aliphatic heterocycles. The Bertz CT molecular complexity index is 758. The van der Waals surface area contributed by atoms with Gasteiger partial charge >= 0.3 is 0 Å². The minimum absolute atomic E-state index is 0.0362. The maximum atomic E-state index is 12.4. The van der Waals surface area contributed by atoms with Crippen LogP contribution in [0.2, 0.25) is 0 Å². The molecule has 0 radical (unpaired) electrons. The zero-order valence-electron chi connectivity index (χ0n) is 11.5. The molecule has 1 aromatic heterocycles. The zero-order valence-corrected chi connectivity index (χ0v) is 11.5. The van der Waals surface area contributed by atoms with Crippen LogP contribution < -0.4 is 5.56 Å². The lowest BCUT2D eigenvalue weighted by molar-refractivity contribution is -0.383. The molecule has 0 atom stereocenters. The monoisotopic (exact) mass is 272 g/mol. The van der Waals surface area contributed by atoms with E-state index in [9.17, 15) is 14.9 Å². The third kappa shape index (κ3) is 1.90. The van der Waals surface area contributed by atoms with E-state index in [1.165, 1.54) is 0 Å². The molecule has 2 aromatic rings. The van der Waals surface area contributed by atoms with Gasteiger partial charge in [-0.05, 0) is 44.7 Å². The lowest BCUT2D eigenvalue weighted by Crippen LogP contribution is -2.21. The fraction of sp³-hybridized carbons (Fsp3) is 0.400. The van der Waals surface area contributed by atoms with Gasteiger partial charge in [0.15, 0.2) is 0 Å². The highest BCUT2D eigenvalue weighted by Gasteiger charge is 2.32. The molecule has 0 N–H and O–H groups in total. The number of rotatable bonds is 3. The Hall–Kier alpha value is -2.17. The average Bonchev–Trinajstić information content (AvgIpc) is 3.21. The minimum atomic E-state index is -0.352. The van der Waals surface area contributed by atoms with Crippen molar-refractivity contribution >= 4 is 16.5 Å². The highest BCUT2D eigenvalue weighted by molar-refractivity contribution is 5.92. The summed E-state index contributed by atoms with van der Waals surface area (Å²) in [4.78, 5) is 23.4.